The second-order valence-electron chi connectivity index (χ2n) is 6.50. The molecule has 152 valence electrons. The number of hydrogen-bond donors (Lipinski definition) is 0. The second kappa shape index (κ2) is 8.11. The zero-order valence-corrected chi connectivity index (χ0v) is 17.1. The third kappa shape index (κ3) is 3.71. The molecule has 0 aliphatic carbocycles. The molecule has 0 N–H and O–H groups in total. The quantitative estimate of drug-likeness (QED) is 0.378. The Kier molecular flexibility index (Phi) is 5.01. The minimum absolute atomic E-state index is 0.352. The van der Waals surface area contributed by atoms with Crippen LogP contribution in [0.25, 0.3) is 28.1 Å². The van der Waals surface area contributed by atoms with Gasteiger partial charge in [0.15, 0.2) is 5.82 Å². The average molecular weight is 430 g/mol. The summed E-state index contributed by atoms with van der Waals surface area (Å²) in [5.41, 5.74) is 2.16. The van der Waals surface area contributed by atoms with E-state index in [4.69, 9.17) is 4.74 Å². The highest BCUT2D eigenvalue weighted by Gasteiger charge is 2.19. The summed E-state index contributed by atoms with van der Waals surface area (Å²) in [7, 11) is 1.62. The molecule has 5 rings (SSSR count). The van der Waals surface area contributed by atoms with Crippen LogP contribution in [-0.4, -0.2) is 36.8 Å². The van der Waals surface area contributed by atoms with Crippen LogP contribution in [0, 0.1) is 5.82 Å². The number of pyridine rings is 1. The van der Waals surface area contributed by atoms with Gasteiger partial charge in [0.2, 0.25) is 5.16 Å². The van der Waals surface area contributed by atoms with E-state index in [1.165, 1.54) is 30.2 Å². The topological polar surface area (TPSA) is 78.6 Å². The lowest BCUT2D eigenvalue weighted by Crippen LogP contribution is -2.01. The first-order valence-corrected chi connectivity index (χ1v) is 10.1. The maximum absolute atomic E-state index is 13.9. The van der Waals surface area contributed by atoms with E-state index in [0.717, 1.165) is 11.4 Å². The molecule has 0 aliphatic rings. The summed E-state index contributed by atoms with van der Waals surface area (Å²) in [5.74, 6) is 0.968. The standard InChI is InChI=1S/C22H15FN6OS/c1-30-16-8-6-15(7-9-16)29-20(19-4-2-3-11-24-19)27-28-22(29)31-21-17-12-14(23)5-10-18(17)25-13-26-21/h2-13H,1H3. The molecule has 0 saturated carbocycles. The molecule has 3 heterocycles. The highest BCUT2D eigenvalue weighted by atomic mass is 32.2. The Hall–Kier alpha value is -3.85. The molecule has 0 spiro atoms. The first-order chi connectivity index (χ1) is 15.2. The van der Waals surface area contributed by atoms with Crippen molar-refractivity contribution >= 4 is 22.7 Å². The van der Waals surface area contributed by atoms with Crippen LogP contribution in [0.3, 0.4) is 0 Å². The Balaban J connectivity index is 1.66. The van der Waals surface area contributed by atoms with Gasteiger partial charge in [-0.25, -0.2) is 14.4 Å². The molecule has 7 nitrogen and oxygen atoms in total. The van der Waals surface area contributed by atoms with Gasteiger partial charge in [-0.2, -0.15) is 0 Å². The van der Waals surface area contributed by atoms with Gasteiger partial charge in [0, 0.05) is 11.6 Å². The zero-order chi connectivity index (χ0) is 21.2. The number of rotatable bonds is 5. The van der Waals surface area contributed by atoms with Crippen molar-refractivity contribution in [2.24, 2.45) is 0 Å². The predicted molar refractivity (Wildman–Crippen MR) is 115 cm³/mol. The molecule has 0 atom stereocenters. The summed E-state index contributed by atoms with van der Waals surface area (Å²) < 4.78 is 21.0. The number of halogens is 1. The summed E-state index contributed by atoms with van der Waals surface area (Å²) in [6.07, 6.45) is 3.16. The van der Waals surface area contributed by atoms with Crippen molar-refractivity contribution < 1.29 is 9.13 Å². The average Bonchev–Trinajstić information content (AvgIpc) is 3.23. The van der Waals surface area contributed by atoms with E-state index in [1.54, 1.807) is 19.4 Å². The molecule has 0 unspecified atom stereocenters. The molecule has 0 fully saturated rings. The minimum Gasteiger partial charge on any atom is -0.497 e. The first-order valence-electron chi connectivity index (χ1n) is 9.32. The third-order valence-electron chi connectivity index (χ3n) is 4.61. The summed E-state index contributed by atoms with van der Waals surface area (Å²) in [4.78, 5) is 13.0. The summed E-state index contributed by atoms with van der Waals surface area (Å²) in [5, 5.41) is 10.5. The number of nitrogens with zero attached hydrogens (tertiary/aromatic N) is 6. The Morgan fingerprint density at radius 3 is 2.58 bits per heavy atom. The molecule has 0 aliphatic heterocycles. The van der Waals surface area contributed by atoms with Crippen molar-refractivity contribution in [2.45, 2.75) is 10.2 Å². The highest BCUT2D eigenvalue weighted by Crippen LogP contribution is 2.34. The van der Waals surface area contributed by atoms with Crippen molar-refractivity contribution in [3.63, 3.8) is 0 Å². The van der Waals surface area contributed by atoms with E-state index >= 15 is 0 Å². The lowest BCUT2D eigenvalue weighted by molar-refractivity contribution is 0.414. The number of methoxy groups -OCH3 is 1. The zero-order valence-electron chi connectivity index (χ0n) is 16.3. The SMILES string of the molecule is COc1ccc(-n2c(Sc3ncnc4ccc(F)cc34)nnc2-c2ccccn2)cc1. The Morgan fingerprint density at radius 2 is 1.81 bits per heavy atom. The van der Waals surface area contributed by atoms with Gasteiger partial charge in [0.25, 0.3) is 0 Å². The van der Waals surface area contributed by atoms with Gasteiger partial charge in [-0.05, 0) is 66.4 Å². The van der Waals surface area contributed by atoms with E-state index in [-0.39, 0.29) is 5.82 Å². The van der Waals surface area contributed by atoms with Crippen molar-refractivity contribution in [2.75, 3.05) is 7.11 Å². The third-order valence-corrected chi connectivity index (χ3v) is 5.57. The lowest BCUT2D eigenvalue weighted by atomic mass is 10.2. The van der Waals surface area contributed by atoms with E-state index in [9.17, 15) is 4.39 Å². The summed E-state index contributed by atoms with van der Waals surface area (Å²) in [6.45, 7) is 0. The number of ether oxygens (including phenoxy) is 1. The van der Waals surface area contributed by atoms with Gasteiger partial charge in [0.1, 0.15) is 28.6 Å². The van der Waals surface area contributed by atoms with Gasteiger partial charge in [-0.15, -0.1) is 10.2 Å². The fourth-order valence-electron chi connectivity index (χ4n) is 3.13. The molecule has 9 heteroatoms. The van der Waals surface area contributed by atoms with E-state index < -0.39 is 0 Å². The van der Waals surface area contributed by atoms with E-state index in [2.05, 4.69) is 25.1 Å². The smallest absolute Gasteiger partial charge is 0.202 e. The number of benzene rings is 2. The molecule has 0 saturated heterocycles. The van der Waals surface area contributed by atoms with Gasteiger partial charge in [0.05, 0.1) is 18.3 Å². The van der Waals surface area contributed by atoms with Crippen LogP contribution < -0.4 is 4.74 Å². The van der Waals surface area contributed by atoms with E-state index in [1.807, 2.05) is 47.0 Å². The maximum Gasteiger partial charge on any atom is 0.202 e. The van der Waals surface area contributed by atoms with Crippen molar-refractivity contribution in [3.05, 3.63) is 79.0 Å². The van der Waals surface area contributed by atoms with Crippen LogP contribution in [0.2, 0.25) is 0 Å². The summed E-state index contributed by atoms with van der Waals surface area (Å²) in [6, 6.07) is 17.6. The van der Waals surface area contributed by atoms with Crippen LogP contribution in [0.4, 0.5) is 4.39 Å². The van der Waals surface area contributed by atoms with E-state index in [0.29, 0.717) is 32.6 Å². The van der Waals surface area contributed by atoms with Crippen molar-refractivity contribution in [3.8, 4) is 23.0 Å². The largest absolute Gasteiger partial charge is 0.497 e. The van der Waals surface area contributed by atoms with Crippen LogP contribution in [0.15, 0.2) is 83.4 Å². The van der Waals surface area contributed by atoms with Gasteiger partial charge in [-0.1, -0.05) is 6.07 Å². The molecule has 2 aromatic carbocycles. The number of fused-ring (bicyclic) bond motifs is 1. The molecular formula is C22H15FN6OS. The molecular weight excluding hydrogens is 415 g/mol. The number of hydrogen-bond acceptors (Lipinski definition) is 7. The van der Waals surface area contributed by atoms with Crippen LogP contribution in [0.1, 0.15) is 0 Å². The van der Waals surface area contributed by atoms with Crippen LogP contribution >= 0.6 is 11.8 Å². The molecule has 0 radical (unpaired) electrons. The molecule has 31 heavy (non-hydrogen) atoms. The Morgan fingerprint density at radius 1 is 0.935 bits per heavy atom. The number of aromatic nitrogens is 6. The van der Waals surface area contributed by atoms with Crippen LogP contribution in [0.5, 0.6) is 5.75 Å². The van der Waals surface area contributed by atoms with Gasteiger partial charge >= 0.3 is 0 Å². The molecule has 0 bridgehead atoms. The molecule has 5 aromatic rings. The summed E-state index contributed by atoms with van der Waals surface area (Å²) >= 11 is 1.29. The lowest BCUT2D eigenvalue weighted by Gasteiger charge is -2.11. The fraction of sp³-hybridized carbons (Fsp3) is 0.0455. The highest BCUT2D eigenvalue weighted by molar-refractivity contribution is 7.99. The second-order valence-corrected chi connectivity index (χ2v) is 7.45. The first kappa shape index (κ1) is 19.1. The Labute approximate surface area is 181 Å². The minimum atomic E-state index is -0.352. The molecule has 0 amide bonds. The van der Waals surface area contributed by atoms with Crippen molar-refractivity contribution in [1.29, 1.82) is 0 Å². The van der Waals surface area contributed by atoms with Gasteiger partial charge < -0.3 is 4.74 Å². The fourth-order valence-corrected chi connectivity index (χ4v) is 4.05. The molecule has 3 aromatic heterocycles. The van der Waals surface area contributed by atoms with Crippen LogP contribution in [-0.2, 0) is 0 Å². The monoisotopic (exact) mass is 430 g/mol. The maximum atomic E-state index is 13.9. The van der Waals surface area contributed by atoms with Crippen molar-refractivity contribution in [1.82, 2.24) is 29.7 Å². The predicted octanol–water partition coefficient (Wildman–Crippen LogP) is 4.57. The normalized spacial score (nSPS) is 11.0. The Bertz CT molecular complexity index is 1360. The van der Waals surface area contributed by atoms with Gasteiger partial charge in [-0.3, -0.25) is 9.55 Å².